The standard InChI is InChI=1S/C10H10N2O/c11-8-5-6-1-3-12-9(6)7-2-4-13-10(7)8/h1,3,5,12H,2,4,11H2. The lowest BCUT2D eigenvalue weighted by Gasteiger charge is -2.03. The van der Waals surface area contributed by atoms with Gasteiger partial charge in [-0.25, -0.2) is 0 Å². The van der Waals surface area contributed by atoms with Crippen LogP contribution in [0.5, 0.6) is 5.75 Å². The second kappa shape index (κ2) is 2.19. The van der Waals surface area contributed by atoms with Crippen LogP contribution in [-0.2, 0) is 6.42 Å². The Morgan fingerprint density at radius 2 is 2.38 bits per heavy atom. The van der Waals surface area contributed by atoms with E-state index in [0.29, 0.717) is 0 Å². The molecule has 1 aliphatic heterocycles. The normalized spacial score (nSPS) is 14.5. The summed E-state index contributed by atoms with van der Waals surface area (Å²) in [4.78, 5) is 3.21. The van der Waals surface area contributed by atoms with Crippen LogP contribution in [0.25, 0.3) is 10.9 Å². The number of benzene rings is 1. The summed E-state index contributed by atoms with van der Waals surface area (Å²) in [6.45, 7) is 0.748. The third-order valence-electron chi connectivity index (χ3n) is 2.53. The molecule has 0 amide bonds. The molecule has 3 heteroatoms. The van der Waals surface area contributed by atoms with Crippen LogP contribution in [0.15, 0.2) is 18.3 Å². The van der Waals surface area contributed by atoms with Gasteiger partial charge in [0.05, 0.1) is 17.8 Å². The van der Waals surface area contributed by atoms with Crippen LogP contribution in [-0.4, -0.2) is 11.6 Å². The number of anilines is 1. The monoisotopic (exact) mass is 174 g/mol. The zero-order valence-electron chi connectivity index (χ0n) is 7.13. The van der Waals surface area contributed by atoms with Crippen molar-refractivity contribution in [2.75, 3.05) is 12.3 Å². The maximum Gasteiger partial charge on any atom is 0.147 e. The van der Waals surface area contributed by atoms with Crippen molar-refractivity contribution >= 4 is 16.6 Å². The van der Waals surface area contributed by atoms with Crippen molar-refractivity contribution in [2.45, 2.75) is 6.42 Å². The summed E-state index contributed by atoms with van der Waals surface area (Å²) in [6.07, 6.45) is 2.89. The summed E-state index contributed by atoms with van der Waals surface area (Å²) in [6, 6.07) is 3.99. The Morgan fingerprint density at radius 1 is 1.46 bits per heavy atom. The van der Waals surface area contributed by atoms with Crippen LogP contribution >= 0.6 is 0 Å². The number of aromatic nitrogens is 1. The Labute approximate surface area is 75.5 Å². The Morgan fingerprint density at radius 3 is 3.31 bits per heavy atom. The number of rotatable bonds is 0. The molecule has 3 rings (SSSR count). The van der Waals surface area contributed by atoms with Crippen molar-refractivity contribution in [3.63, 3.8) is 0 Å². The van der Waals surface area contributed by atoms with Crippen molar-refractivity contribution < 1.29 is 4.74 Å². The molecule has 0 saturated heterocycles. The fraction of sp³-hybridized carbons (Fsp3) is 0.200. The van der Waals surface area contributed by atoms with E-state index in [2.05, 4.69) is 4.98 Å². The number of ether oxygens (including phenoxy) is 1. The smallest absolute Gasteiger partial charge is 0.147 e. The topological polar surface area (TPSA) is 51.0 Å². The van der Waals surface area contributed by atoms with Crippen LogP contribution < -0.4 is 10.5 Å². The van der Waals surface area contributed by atoms with Crippen LogP contribution in [0.1, 0.15) is 5.56 Å². The molecule has 2 aromatic rings. The lowest BCUT2D eigenvalue weighted by molar-refractivity contribution is 0.358. The Balaban J connectivity index is 2.48. The summed E-state index contributed by atoms with van der Waals surface area (Å²) in [7, 11) is 0. The highest BCUT2D eigenvalue weighted by molar-refractivity contribution is 5.90. The molecule has 2 heterocycles. The second-order valence-electron chi connectivity index (χ2n) is 3.31. The fourth-order valence-electron chi connectivity index (χ4n) is 1.95. The molecule has 0 unspecified atom stereocenters. The van der Waals surface area contributed by atoms with E-state index in [9.17, 15) is 0 Å². The number of hydrogen-bond donors (Lipinski definition) is 2. The lowest BCUT2D eigenvalue weighted by Crippen LogP contribution is -1.91. The van der Waals surface area contributed by atoms with Gasteiger partial charge in [-0.05, 0) is 12.1 Å². The molecule has 3 N–H and O–H groups in total. The lowest BCUT2D eigenvalue weighted by atomic mass is 10.1. The SMILES string of the molecule is Nc1cc2cc[nH]c2c2c1OCC2. The van der Waals surface area contributed by atoms with Gasteiger partial charge in [-0.15, -0.1) is 0 Å². The first-order chi connectivity index (χ1) is 6.36. The van der Waals surface area contributed by atoms with E-state index in [1.165, 1.54) is 16.5 Å². The van der Waals surface area contributed by atoms with E-state index in [1.54, 1.807) is 0 Å². The summed E-state index contributed by atoms with van der Waals surface area (Å²) < 4.78 is 5.46. The van der Waals surface area contributed by atoms with Crippen molar-refractivity contribution in [3.05, 3.63) is 23.9 Å². The van der Waals surface area contributed by atoms with E-state index < -0.39 is 0 Å². The van der Waals surface area contributed by atoms with Gasteiger partial charge < -0.3 is 15.5 Å². The number of nitrogens with two attached hydrogens (primary N) is 1. The van der Waals surface area contributed by atoms with Crippen LogP contribution in [0.4, 0.5) is 5.69 Å². The highest BCUT2D eigenvalue weighted by Gasteiger charge is 2.18. The minimum atomic E-state index is 0.748. The zero-order valence-corrected chi connectivity index (χ0v) is 7.13. The van der Waals surface area contributed by atoms with Crippen LogP contribution in [0.2, 0.25) is 0 Å². The summed E-state index contributed by atoms with van der Waals surface area (Å²) in [5, 5.41) is 1.17. The maximum atomic E-state index is 5.86. The minimum absolute atomic E-state index is 0.748. The number of nitrogen functional groups attached to an aromatic ring is 1. The third kappa shape index (κ3) is 0.786. The van der Waals surface area contributed by atoms with Gasteiger partial charge in [-0.3, -0.25) is 0 Å². The van der Waals surface area contributed by atoms with Gasteiger partial charge in [-0.1, -0.05) is 0 Å². The minimum Gasteiger partial charge on any atom is -0.491 e. The van der Waals surface area contributed by atoms with E-state index in [4.69, 9.17) is 10.5 Å². The number of nitrogens with one attached hydrogen (secondary N) is 1. The van der Waals surface area contributed by atoms with Gasteiger partial charge in [0.15, 0.2) is 0 Å². The first kappa shape index (κ1) is 6.83. The number of H-pyrrole nitrogens is 1. The van der Waals surface area contributed by atoms with E-state index >= 15 is 0 Å². The molecule has 0 fully saturated rings. The first-order valence-electron chi connectivity index (χ1n) is 4.37. The number of fused-ring (bicyclic) bond motifs is 3. The molecular formula is C10H10N2O. The van der Waals surface area contributed by atoms with Crippen molar-refractivity contribution in [1.82, 2.24) is 4.98 Å². The second-order valence-corrected chi connectivity index (χ2v) is 3.31. The van der Waals surface area contributed by atoms with Crippen LogP contribution in [0, 0.1) is 0 Å². The molecule has 0 aliphatic carbocycles. The van der Waals surface area contributed by atoms with Crippen LogP contribution in [0.3, 0.4) is 0 Å². The molecule has 0 spiro atoms. The number of hydrogen-bond acceptors (Lipinski definition) is 2. The van der Waals surface area contributed by atoms with E-state index in [-0.39, 0.29) is 0 Å². The first-order valence-corrected chi connectivity index (χ1v) is 4.37. The van der Waals surface area contributed by atoms with E-state index in [1.807, 2.05) is 18.3 Å². The molecule has 1 aliphatic rings. The molecule has 1 aromatic heterocycles. The predicted octanol–water partition coefficient (Wildman–Crippen LogP) is 1.69. The molecule has 66 valence electrons. The molecule has 0 atom stereocenters. The molecular weight excluding hydrogens is 164 g/mol. The summed E-state index contributed by atoms with van der Waals surface area (Å²) in [5.74, 6) is 0.870. The number of aromatic amines is 1. The van der Waals surface area contributed by atoms with Gasteiger partial charge in [0.2, 0.25) is 0 Å². The summed E-state index contributed by atoms with van der Waals surface area (Å²) in [5.41, 5.74) is 9.00. The highest BCUT2D eigenvalue weighted by Crippen LogP contribution is 2.37. The molecule has 3 nitrogen and oxygen atoms in total. The summed E-state index contributed by atoms with van der Waals surface area (Å²) >= 11 is 0. The van der Waals surface area contributed by atoms with Gasteiger partial charge in [0.25, 0.3) is 0 Å². The Hall–Kier alpha value is -1.64. The van der Waals surface area contributed by atoms with Crippen molar-refractivity contribution in [3.8, 4) is 5.75 Å². The zero-order chi connectivity index (χ0) is 8.84. The Kier molecular flexibility index (Phi) is 1.15. The molecule has 0 saturated carbocycles. The van der Waals surface area contributed by atoms with Gasteiger partial charge in [-0.2, -0.15) is 0 Å². The molecule has 1 aromatic carbocycles. The maximum absolute atomic E-state index is 5.86. The highest BCUT2D eigenvalue weighted by atomic mass is 16.5. The average molecular weight is 174 g/mol. The van der Waals surface area contributed by atoms with Gasteiger partial charge >= 0.3 is 0 Å². The van der Waals surface area contributed by atoms with E-state index in [0.717, 1.165) is 24.5 Å². The average Bonchev–Trinajstić information content (AvgIpc) is 2.66. The fourth-order valence-corrected chi connectivity index (χ4v) is 1.95. The Bertz CT molecular complexity index is 473. The molecule has 0 bridgehead atoms. The van der Waals surface area contributed by atoms with Gasteiger partial charge in [0, 0.05) is 23.6 Å². The third-order valence-corrected chi connectivity index (χ3v) is 2.53. The molecule has 13 heavy (non-hydrogen) atoms. The quantitative estimate of drug-likeness (QED) is 0.597. The largest absolute Gasteiger partial charge is 0.491 e. The van der Waals surface area contributed by atoms with Crippen molar-refractivity contribution in [1.29, 1.82) is 0 Å². The van der Waals surface area contributed by atoms with Crippen molar-refractivity contribution in [2.24, 2.45) is 0 Å². The molecule has 0 radical (unpaired) electrons. The predicted molar refractivity (Wildman–Crippen MR) is 51.9 cm³/mol. The van der Waals surface area contributed by atoms with Gasteiger partial charge in [0.1, 0.15) is 5.75 Å².